The molecule has 0 saturated carbocycles. The van der Waals surface area contributed by atoms with Crippen LogP contribution in [0.5, 0.6) is 0 Å². The Labute approximate surface area is 114 Å². The van der Waals surface area contributed by atoms with Gasteiger partial charge in [-0.3, -0.25) is 9.59 Å². The molecule has 0 unspecified atom stereocenters. The highest BCUT2D eigenvalue weighted by atomic mass is 35.7. The second-order valence-electron chi connectivity index (χ2n) is 3.36. The van der Waals surface area contributed by atoms with Crippen LogP contribution in [0.1, 0.15) is 27.0 Å². The molecule has 6 heteroatoms. The van der Waals surface area contributed by atoms with Gasteiger partial charge in [0.15, 0.2) is 0 Å². The third kappa shape index (κ3) is 5.44. The smallest absolute Gasteiger partial charge is 0.294 e. The van der Waals surface area contributed by atoms with Crippen LogP contribution in [0.15, 0.2) is 12.1 Å². The number of hydrogen-bond donors (Lipinski definition) is 1. The van der Waals surface area contributed by atoms with Crippen LogP contribution >= 0.6 is 33.3 Å². The van der Waals surface area contributed by atoms with Gasteiger partial charge in [0.1, 0.15) is 0 Å². The number of nitrogens with two attached hydrogens (primary N) is 1. The van der Waals surface area contributed by atoms with Gasteiger partial charge in [-0.2, -0.15) is 0 Å². The maximum absolute atomic E-state index is 10.9. The first kappa shape index (κ1) is 16.3. The largest absolute Gasteiger partial charge is 0.366 e. The van der Waals surface area contributed by atoms with Gasteiger partial charge in [-0.25, -0.2) is 0 Å². The maximum atomic E-state index is 10.9. The lowest BCUT2D eigenvalue weighted by Gasteiger charge is -2.07. The van der Waals surface area contributed by atoms with Gasteiger partial charge in [0.25, 0.3) is 4.57 Å². The Balaban J connectivity index is 0.000000437. The Morgan fingerprint density at radius 2 is 1.65 bits per heavy atom. The molecule has 0 radical (unpaired) electrons. The van der Waals surface area contributed by atoms with Crippen molar-refractivity contribution in [2.24, 2.45) is 5.73 Å². The van der Waals surface area contributed by atoms with Crippen LogP contribution in [0.25, 0.3) is 0 Å². The summed E-state index contributed by atoms with van der Waals surface area (Å²) >= 11 is 4.65. The summed E-state index contributed by atoms with van der Waals surface area (Å²) in [5.74, 6) is -0.351. The molecule has 0 spiro atoms. The number of primary amides is 1. The molecule has 1 aromatic carbocycles. The zero-order chi connectivity index (χ0) is 13.6. The zero-order valence-electron chi connectivity index (χ0n) is 9.71. The van der Waals surface area contributed by atoms with E-state index in [1.807, 2.05) is 26.8 Å². The molecule has 0 bridgehead atoms. The minimum absolute atomic E-state index is 0.351. The van der Waals surface area contributed by atoms with Crippen LogP contribution < -0.4 is 5.73 Å². The van der Waals surface area contributed by atoms with Crippen molar-refractivity contribution in [3.05, 3.63) is 34.4 Å². The monoisotopic (exact) mass is 293 g/mol. The summed E-state index contributed by atoms with van der Waals surface area (Å²) in [5, 5.41) is 0. The van der Waals surface area contributed by atoms with Crippen LogP contribution in [0.3, 0.4) is 0 Å². The summed E-state index contributed by atoms with van der Waals surface area (Å²) in [6.07, 6.45) is 0. The molecule has 17 heavy (non-hydrogen) atoms. The molecule has 0 heterocycles. The van der Waals surface area contributed by atoms with Crippen LogP contribution in [-0.4, -0.2) is 10.5 Å². The average molecular weight is 294 g/mol. The maximum Gasteiger partial charge on any atom is 0.294 e. The van der Waals surface area contributed by atoms with E-state index in [9.17, 15) is 9.59 Å². The second kappa shape index (κ2) is 7.58. The lowest BCUT2D eigenvalue weighted by Crippen LogP contribution is -2.13. The summed E-state index contributed by atoms with van der Waals surface area (Å²) in [6.45, 7) is 5.94. The number of carbonyl (C=O) groups is 2. The van der Waals surface area contributed by atoms with E-state index in [4.69, 9.17) is 16.4 Å². The predicted molar refractivity (Wildman–Crippen MR) is 73.9 cm³/mol. The zero-order valence-corrected chi connectivity index (χ0v) is 12.0. The fourth-order valence-electron chi connectivity index (χ4n) is 1.22. The number of carbonyl (C=O) groups excluding carboxylic acids is 2. The van der Waals surface area contributed by atoms with Crippen LogP contribution in [0, 0.1) is 20.8 Å². The molecule has 94 valence electrons. The van der Waals surface area contributed by atoms with Gasteiger partial charge >= 0.3 is 0 Å². The predicted octanol–water partition coefficient (Wildman–Crippen LogP) is 3.94. The van der Waals surface area contributed by atoms with E-state index in [-0.39, 0.29) is 5.91 Å². The molecule has 0 aliphatic rings. The number of amides is 1. The van der Waals surface area contributed by atoms with Crippen LogP contribution in [-0.2, 0) is 0 Å². The first-order valence-electron chi connectivity index (χ1n) is 4.66. The highest BCUT2D eigenvalue weighted by molar-refractivity contribution is 8.34. The summed E-state index contributed by atoms with van der Waals surface area (Å²) in [5.41, 5.74) is 9.14. The van der Waals surface area contributed by atoms with Crippen molar-refractivity contribution >= 4 is 43.7 Å². The summed E-state index contributed by atoms with van der Waals surface area (Å²) < 4.78 is -0.591. The molecule has 2 N–H and O–H groups in total. The van der Waals surface area contributed by atoms with Crippen molar-refractivity contribution in [2.75, 3.05) is 0 Å². The van der Waals surface area contributed by atoms with Gasteiger partial charge in [0.05, 0.1) is 0 Å². The van der Waals surface area contributed by atoms with Gasteiger partial charge < -0.3 is 5.73 Å². The van der Waals surface area contributed by atoms with Gasteiger partial charge in [0, 0.05) is 16.5 Å². The lowest BCUT2D eigenvalue weighted by molar-refractivity contribution is 0.0999. The quantitative estimate of drug-likeness (QED) is 0.798. The fourth-order valence-corrected chi connectivity index (χ4v) is 1.22. The molecule has 1 rings (SSSR count). The van der Waals surface area contributed by atoms with E-state index >= 15 is 0 Å². The third-order valence-electron chi connectivity index (χ3n) is 2.38. The van der Waals surface area contributed by atoms with Gasteiger partial charge in [0.2, 0.25) is 5.91 Å². The molecular formula is C11H13Cl2NO2S. The van der Waals surface area contributed by atoms with E-state index in [1.54, 1.807) is 6.07 Å². The summed E-state index contributed by atoms with van der Waals surface area (Å²) in [7, 11) is 5.25. The Kier molecular flexibility index (Phi) is 7.27. The lowest BCUT2D eigenvalue weighted by atomic mass is 9.99. The van der Waals surface area contributed by atoms with Crippen molar-refractivity contribution in [3.63, 3.8) is 0 Å². The molecule has 1 aromatic rings. The van der Waals surface area contributed by atoms with Gasteiger partial charge in [-0.05, 0) is 65.8 Å². The highest BCUT2D eigenvalue weighted by Crippen LogP contribution is 2.16. The molecule has 3 nitrogen and oxygen atoms in total. The van der Waals surface area contributed by atoms with Crippen LogP contribution in [0.2, 0.25) is 0 Å². The van der Waals surface area contributed by atoms with E-state index in [2.05, 4.69) is 11.6 Å². The summed E-state index contributed by atoms with van der Waals surface area (Å²) in [6, 6.07) is 3.70. The Morgan fingerprint density at radius 1 is 1.18 bits per heavy atom. The number of rotatable bonds is 1. The molecule has 0 saturated heterocycles. The molecule has 0 fully saturated rings. The van der Waals surface area contributed by atoms with Crippen molar-refractivity contribution in [2.45, 2.75) is 20.8 Å². The first-order valence-corrected chi connectivity index (χ1v) is 6.68. The Bertz CT molecular complexity index is 436. The van der Waals surface area contributed by atoms with E-state index in [0.717, 1.165) is 11.1 Å². The van der Waals surface area contributed by atoms with E-state index in [1.165, 1.54) is 5.56 Å². The number of hydrogen-bond acceptors (Lipinski definition) is 3. The minimum atomic E-state index is -0.591. The van der Waals surface area contributed by atoms with E-state index in [0.29, 0.717) is 16.5 Å². The summed E-state index contributed by atoms with van der Waals surface area (Å²) in [4.78, 5) is 20.3. The topological polar surface area (TPSA) is 60.2 Å². The fraction of sp³-hybridized carbons (Fsp3) is 0.273. The second-order valence-corrected chi connectivity index (χ2v) is 4.91. The minimum Gasteiger partial charge on any atom is -0.366 e. The highest BCUT2D eigenvalue weighted by Gasteiger charge is 2.07. The molecule has 0 aliphatic heterocycles. The third-order valence-corrected chi connectivity index (χ3v) is 3.39. The van der Waals surface area contributed by atoms with E-state index < -0.39 is 4.57 Å². The Hall–Kier alpha value is -0.710. The van der Waals surface area contributed by atoms with Crippen molar-refractivity contribution in [1.29, 1.82) is 0 Å². The van der Waals surface area contributed by atoms with Gasteiger partial charge in [-0.1, -0.05) is 6.07 Å². The SMILES string of the molecule is Cc1ccc(C(N)=O)c(C)c1C.O=C(Cl)SCl. The average Bonchev–Trinajstić information content (AvgIpc) is 2.26. The Morgan fingerprint density at radius 3 is 2.00 bits per heavy atom. The van der Waals surface area contributed by atoms with Crippen molar-refractivity contribution in [3.8, 4) is 0 Å². The normalized spacial score (nSPS) is 9.24. The molecular weight excluding hydrogens is 281 g/mol. The molecule has 0 atom stereocenters. The van der Waals surface area contributed by atoms with Crippen LogP contribution in [0.4, 0.5) is 4.79 Å². The number of halogens is 2. The van der Waals surface area contributed by atoms with Gasteiger partial charge in [-0.15, -0.1) is 0 Å². The first-order chi connectivity index (χ1) is 7.81. The number of aryl methyl sites for hydroxylation is 1. The molecule has 0 aromatic heterocycles. The number of benzene rings is 1. The van der Waals surface area contributed by atoms with Crippen molar-refractivity contribution < 1.29 is 9.59 Å². The van der Waals surface area contributed by atoms with Crippen molar-refractivity contribution in [1.82, 2.24) is 0 Å². The standard InChI is InChI=1S/C10H13NO.CCl2OS/c1-6-4-5-9(10(11)12)8(3)7(6)2;2-1(4)5-3/h4-5H,1-3H3,(H2,11,12);. The molecule has 1 amide bonds. The molecule has 0 aliphatic carbocycles.